The molecular weight excluding hydrogens is 365 g/mol. The van der Waals surface area contributed by atoms with Crippen LogP contribution in [0.5, 0.6) is 0 Å². The first-order valence-electron chi connectivity index (χ1n) is 7.57. The molecule has 10 heteroatoms. The van der Waals surface area contributed by atoms with Crippen LogP contribution in [0.25, 0.3) is 0 Å². The minimum Gasteiger partial charge on any atom is -0.449 e. The van der Waals surface area contributed by atoms with Crippen molar-refractivity contribution in [3.63, 3.8) is 0 Å². The highest BCUT2D eigenvalue weighted by atomic mass is 32.2. The van der Waals surface area contributed by atoms with Gasteiger partial charge in [0.15, 0.2) is 6.10 Å². The van der Waals surface area contributed by atoms with E-state index in [0.717, 1.165) is 22.5 Å². The van der Waals surface area contributed by atoms with E-state index in [0.29, 0.717) is 0 Å². The van der Waals surface area contributed by atoms with E-state index in [9.17, 15) is 22.4 Å². The predicted octanol–water partition coefficient (Wildman–Crippen LogP) is 0.993. The predicted molar refractivity (Wildman–Crippen MR) is 90.0 cm³/mol. The zero-order chi connectivity index (χ0) is 20.1. The number of amides is 1. The highest BCUT2D eigenvalue weighted by Crippen LogP contribution is 2.19. The van der Waals surface area contributed by atoms with Crippen LogP contribution >= 0.6 is 0 Å². The Balaban J connectivity index is 3.01. The number of nitrogens with zero attached hydrogens (tertiary/aromatic N) is 3. The number of benzene rings is 1. The third-order valence-electron chi connectivity index (χ3n) is 3.50. The summed E-state index contributed by atoms with van der Waals surface area (Å²) in [5, 5.41) is 8.52. The van der Waals surface area contributed by atoms with E-state index in [4.69, 9.17) is 10.00 Å². The van der Waals surface area contributed by atoms with Crippen molar-refractivity contribution in [2.45, 2.75) is 24.3 Å². The molecule has 0 aliphatic carbocycles. The van der Waals surface area contributed by atoms with Gasteiger partial charge in [0, 0.05) is 27.7 Å². The van der Waals surface area contributed by atoms with Gasteiger partial charge in [0.1, 0.15) is 5.82 Å². The van der Waals surface area contributed by atoms with Crippen molar-refractivity contribution >= 4 is 21.9 Å². The smallest absolute Gasteiger partial charge is 0.341 e. The lowest BCUT2D eigenvalue weighted by Gasteiger charge is -2.20. The maximum Gasteiger partial charge on any atom is 0.341 e. The molecule has 1 atom stereocenters. The molecule has 1 amide bonds. The molecule has 142 valence electrons. The van der Waals surface area contributed by atoms with Crippen molar-refractivity contribution in [2.75, 3.05) is 27.7 Å². The number of halogens is 1. The molecule has 0 spiro atoms. The molecule has 0 aliphatic rings. The minimum absolute atomic E-state index is 0.113. The SMILES string of the molecule is C[C@H](OC(=O)c1cc(S(=O)(=O)N(C)C)ccc1F)C(=O)N(C)CCC#N. The summed E-state index contributed by atoms with van der Waals surface area (Å²) in [5.74, 6) is -2.69. The number of hydrogen-bond donors (Lipinski definition) is 0. The minimum atomic E-state index is -3.87. The van der Waals surface area contributed by atoms with Crippen LogP contribution in [-0.4, -0.2) is 63.3 Å². The van der Waals surface area contributed by atoms with Gasteiger partial charge in [-0.3, -0.25) is 4.79 Å². The van der Waals surface area contributed by atoms with Crippen LogP contribution in [0.1, 0.15) is 23.7 Å². The highest BCUT2D eigenvalue weighted by Gasteiger charge is 2.26. The number of carbonyl (C=O) groups is 2. The summed E-state index contributed by atoms with van der Waals surface area (Å²) < 4.78 is 44.0. The lowest BCUT2D eigenvalue weighted by atomic mass is 10.2. The van der Waals surface area contributed by atoms with Gasteiger partial charge in [0.05, 0.1) is 22.9 Å². The van der Waals surface area contributed by atoms with E-state index in [1.807, 2.05) is 6.07 Å². The van der Waals surface area contributed by atoms with Gasteiger partial charge in [-0.2, -0.15) is 5.26 Å². The second-order valence-electron chi connectivity index (χ2n) is 5.64. The maximum atomic E-state index is 13.9. The van der Waals surface area contributed by atoms with E-state index < -0.39 is 39.4 Å². The monoisotopic (exact) mass is 385 g/mol. The summed E-state index contributed by atoms with van der Waals surface area (Å²) >= 11 is 0. The Kier molecular flexibility index (Phi) is 7.23. The Morgan fingerprint density at radius 2 is 1.92 bits per heavy atom. The molecule has 0 fully saturated rings. The molecule has 0 heterocycles. The van der Waals surface area contributed by atoms with E-state index >= 15 is 0 Å². The Morgan fingerprint density at radius 3 is 2.46 bits per heavy atom. The molecule has 0 saturated heterocycles. The lowest BCUT2D eigenvalue weighted by molar-refractivity contribution is -0.138. The van der Waals surface area contributed by atoms with Gasteiger partial charge < -0.3 is 9.64 Å². The molecule has 0 bridgehead atoms. The average Bonchev–Trinajstić information content (AvgIpc) is 2.58. The third-order valence-corrected chi connectivity index (χ3v) is 5.31. The zero-order valence-corrected chi connectivity index (χ0v) is 15.7. The number of likely N-dealkylation sites (N-methyl/N-ethyl adjacent to an activating group) is 1. The van der Waals surface area contributed by atoms with Gasteiger partial charge in [0.25, 0.3) is 5.91 Å². The number of carbonyl (C=O) groups excluding carboxylic acids is 2. The Labute approximate surface area is 151 Å². The largest absolute Gasteiger partial charge is 0.449 e. The summed E-state index contributed by atoms with van der Waals surface area (Å²) in [4.78, 5) is 25.2. The quantitative estimate of drug-likeness (QED) is 0.648. The van der Waals surface area contributed by atoms with Crippen molar-refractivity contribution in [3.05, 3.63) is 29.6 Å². The Morgan fingerprint density at radius 1 is 1.31 bits per heavy atom. The van der Waals surface area contributed by atoms with Crippen molar-refractivity contribution in [3.8, 4) is 6.07 Å². The fourth-order valence-corrected chi connectivity index (χ4v) is 2.87. The molecule has 0 aromatic heterocycles. The zero-order valence-electron chi connectivity index (χ0n) is 14.9. The van der Waals surface area contributed by atoms with Gasteiger partial charge >= 0.3 is 5.97 Å². The fraction of sp³-hybridized carbons (Fsp3) is 0.438. The number of nitriles is 1. The number of hydrogen-bond acceptors (Lipinski definition) is 6. The summed E-state index contributed by atoms with van der Waals surface area (Å²) in [6.45, 7) is 1.46. The normalized spacial score (nSPS) is 12.3. The van der Waals surface area contributed by atoms with Crippen LogP contribution < -0.4 is 0 Å². The first-order chi connectivity index (χ1) is 12.0. The van der Waals surface area contributed by atoms with Crippen molar-refractivity contribution < 1.29 is 27.1 Å². The highest BCUT2D eigenvalue weighted by molar-refractivity contribution is 7.89. The second kappa shape index (κ2) is 8.73. The molecule has 0 N–H and O–H groups in total. The average molecular weight is 385 g/mol. The van der Waals surface area contributed by atoms with E-state index in [1.165, 1.54) is 33.0 Å². The molecular formula is C16H20FN3O5S. The molecule has 1 rings (SSSR count). The van der Waals surface area contributed by atoms with Gasteiger partial charge in [-0.1, -0.05) is 0 Å². The van der Waals surface area contributed by atoms with E-state index in [1.54, 1.807) is 0 Å². The second-order valence-corrected chi connectivity index (χ2v) is 7.80. The molecule has 0 radical (unpaired) electrons. The van der Waals surface area contributed by atoms with Crippen molar-refractivity contribution in [1.29, 1.82) is 5.26 Å². The van der Waals surface area contributed by atoms with Crippen molar-refractivity contribution in [1.82, 2.24) is 9.21 Å². The van der Waals surface area contributed by atoms with Crippen LogP contribution in [0.2, 0.25) is 0 Å². The number of sulfonamides is 1. The molecule has 0 saturated carbocycles. The number of rotatable bonds is 7. The number of esters is 1. The molecule has 0 unspecified atom stereocenters. The molecule has 1 aromatic rings. The summed E-state index contributed by atoms with van der Waals surface area (Å²) in [5.41, 5.74) is -0.591. The summed E-state index contributed by atoms with van der Waals surface area (Å²) in [7, 11) is 0.174. The van der Waals surface area contributed by atoms with E-state index in [-0.39, 0.29) is 17.9 Å². The van der Waals surface area contributed by atoms with Crippen molar-refractivity contribution in [2.24, 2.45) is 0 Å². The summed E-state index contributed by atoms with van der Waals surface area (Å²) in [6.07, 6.45) is -1.11. The van der Waals surface area contributed by atoms with Crippen LogP contribution in [0.15, 0.2) is 23.1 Å². The topological polar surface area (TPSA) is 108 Å². The Hall–Kier alpha value is -2.51. The first kappa shape index (κ1) is 21.5. The standard InChI is InChI=1S/C16H20FN3O5S/c1-11(15(21)20(4)9-5-8-18)25-16(22)13-10-12(6-7-14(13)17)26(23,24)19(2)3/h6-7,10-11H,5,9H2,1-4H3/t11-/m0/s1. The lowest BCUT2D eigenvalue weighted by Crippen LogP contribution is -2.38. The maximum absolute atomic E-state index is 13.9. The molecule has 26 heavy (non-hydrogen) atoms. The molecule has 0 aliphatic heterocycles. The number of ether oxygens (including phenoxy) is 1. The Bertz CT molecular complexity index is 833. The van der Waals surface area contributed by atoms with Crippen LogP contribution in [-0.2, 0) is 19.6 Å². The fourth-order valence-electron chi connectivity index (χ4n) is 1.94. The van der Waals surface area contributed by atoms with Gasteiger partial charge in [-0.15, -0.1) is 0 Å². The first-order valence-corrected chi connectivity index (χ1v) is 9.01. The van der Waals surface area contributed by atoms with Gasteiger partial charge in [-0.25, -0.2) is 21.9 Å². The van der Waals surface area contributed by atoms with E-state index in [2.05, 4.69) is 0 Å². The van der Waals surface area contributed by atoms with Crippen LogP contribution in [0.3, 0.4) is 0 Å². The van der Waals surface area contributed by atoms with Gasteiger partial charge in [0.2, 0.25) is 10.0 Å². The van der Waals surface area contributed by atoms with Crippen LogP contribution in [0.4, 0.5) is 4.39 Å². The third kappa shape index (κ3) is 5.00. The van der Waals surface area contributed by atoms with Gasteiger partial charge in [-0.05, 0) is 25.1 Å². The molecule has 8 nitrogen and oxygen atoms in total. The molecule has 1 aromatic carbocycles. The van der Waals surface area contributed by atoms with Crippen LogP contribution in [0, 0.1) is 17.1 Å². The summed E-state index contributed by atoms with van der Waals surface area (Å²) in [6, 6.07) is 4.63.